The molecule has 0 saturated carbocycles. The van der Waals surface area contributed by atoms with Gasteiger partial charge in [0, 0.05) is 22.5 Å². The molecule has 0 bridgehead atoms. The number of hydrogen-bond donors (Lipinski definition) is 0. The van der Waals surface area contributed by atoms with Gasteiger partial charge in [0.05, 0.1) is 22.7 Å². The fourth-order valence-corrected chi connectivity index (χ4v) is 5.48. The number of thioether (sulfide) groups is 1. The number of fused-ring (bicyclic) bond motifs is 1. The highest BCUT2D eigenvalue weighted by molar-refractivity contribution is 7.99. The zero-order valence-corrected chi connectivity index (χ0v) is 18.6. The summed E-state index contributed by atoms with van der Waals surface area (Å²) in [7, 11) is 1.50. The molecule has 2 aliphatic heterocycles. The normalized spacial score (nSPS) is 30.3. The Bertz CT molecular complexity index is 959. The third-order valence-electron chi connectivity index (χ3n) is 5.05. The van der Waals surface area contributed by atoms with Crippen LogP contribution in [0.1, 0.15) is 11.9 Å². The van der Waals surface area contributed by atoms with Crippen LogP contribution in [-0.4, -0.2) is 43.5 Å². The Morgan fingerprint density at radius 2 is 1.90 bits per heavy atom. The number of nitrogens with zero attached hydrogens (tertiary/aromatic N) is 3. The molecule has 0 amide bonds. The second kappa shape index (κ2) is 9.94. The lowest BCUT2D eigenvalue weighted by atomic mass is 9.96. The molecule has 0 spiro atoms. The molecule has 4 unspecified atom stereocenters. The molecular weight excluding hydrogens is 468 g/mol. The van der Waals surface area contributed by atoms with Gasteiger partial charge in [-0.3, -0.25) is 0 Å². The zero-order chi connectivity index (χ0) is 22.0. The van der Waals surface area contributed by atoms with Gasteiger partial charge in [0.2, 0.25) is 0 Å². The Morgan fingerprint density at radius 1 is 1.19 bits per heavy atom. The number of azide groups is 1. The van der Waals surface area contributed by atoms with E-state index in [0.29, 0.717) is 4.90 Å². The standard InChI is InChI=1S/C20H18Cl2FN3O4S/c1-27-18-16(25-26-24)17-14(9-28-19(30-17)10-5-3-2-4-6-10)29-20(18)31-11-7-12(21)15(23)13(22)8-11/h2-8,14,16-20H,9H2,1H3/t14?,16?,17-,18?,19?,20+/m0/s1. The molecule has 0 aromatic heterocycles. The number of halogens is 3. The van der Waals surface area contributed by atoms with Gasteiger partial charge in [-0.25, -0.2) is 4.39 Å². The average Bonchev–Trinajstić information content (AvgIpc) is 2.78. The van der Waals surface area contributed by atoms with Crippen molar-refractivity contribution in [1.82, 2.24) is 0 Å². The van der Waals surface area contributed by atoms with Gasteiger partial charge >= 0.3 is 0 Å². The highest BCUT2D eigenvalue weighted by atomic mass is 35.5. The summed E-state index contributed by atoms with van der Waals surface area (Å²) in [6, 6.07) is 11.7. The maximum atomic E-state index is 13.8. The van der Waals surface area contributed by atoms with Crippen LogP contribution in [0, 0.1) is 5.82 Å². The SMILES string of the molecule is COC1C(N=[N+]=[N-])[C@H]2OC(c3ccccc3)OCC2O[C@@H]1Sc1cc(Cl)c(F)c(Cl)c1. The first-order valence-electron chi connectivity index (χ1n) is 9.37. The predicted molar refractivity (Wildman–Crippen MR) is 115 cm³/mol. The van der Waals surface area contributed by atoms with E-state index in [0.717, 1.165) is 5.56 Å². The van der Waals surface area contributed by atoms with E-state index in [-0.39, 0.29) is 16.7 Å². The lowest BCUT2D eigenvalue weighted by Crippen LogP contribution is -2.60. The summed E-state index contributed by atoms with van der Waals surface area (Å²) < 4.78 is 37.6. The van der Waals surface area contributed by atoms with Gasteiger partial charge in [-0.1, -0.05) is 70.4 Å². The molecule has 0 aliphatic carbocycles. The highest BCUT2D eigenvalue weighted by Crippen LogP contribution is 2.42. The smallest absolute Gasteiger partial charge is 0.184 e. The second-order valence-corrected chi connectivity index (χ2v) is 8.92. The highest BCUT2D eigenvalue weighted by Gasteiger charge is 2.50. The van der Waals surface area contributed by atoms with E-state index in [1.165, 1.54) is 31.0 Å². The fraction of sp³-hybridized carbons (Fsp3) is 0.400. The van der Waals surface area contributed by atoms with E-state index in [1.807, 2.05) is 30.3 Å². The molecule has 0 radical (unpaired) electrons. The molecule has 2 heterocycles. The first-order valence-corrected chi connectivity index (χ1v) is 11.0. The molecule has 4 rings (SSSR count). The molecule has 164 valence electrons. The van der Waals surface area contributed by atoms with Crippen LogP contribution in [0.3, 0.4) is 0 Å². The number of hydrogen-bond acceptors (Lipinski definition) is 6. The van der Waals surface area contributed by atoms with Crippen molar-refractivity contribution in [2.75, 3.05) is 13.7 Å². The number of benzene rings is 2. The van der Waals surface area contributed by atoms with Crippen molar-refractivity contribution in [3.05, 3.63) is 74.3 Å². The van der Waals surface area contributed by atoms with E-state index in [1.54, 1.807) is 0 Å². The van der Waals surface area contributed by atoms with E-state index < -0.39 is 41.9 Å². The fourth-order valence-electron chi connectivity index (χ4n) is 3.62. The zero-order valence-electron chi connectivity index (χ0n) is 16.2. The summed E-state index contributed by atoms with van der Waals surface area (Å²) in [5.41, 5.74) is 9.43. The second-order valence-electron chi connectivity index (χ2n) is 6.93. The van der Waals surface area contributed by atoms with Gasteiger partial charge in [-0.2, -0.15) is 0 Å². The van der Waals surface area contributed by atoms with Crippen molar-refractivity contribution in [2.45, 2.75) is 41.0 Å². The molecule has 31 heavy (non-hydrogen) atoms. The summed E-state index contributed by atoms with van der Waals surface area (Å²) in [5, 5.41) is 3.76. The van der Waals surface area contributed by atoms with Gasteiger partial charge < -0.3 is 18.9 Å². The van der Waals surface area contributed by atoms with Crippen molar-refractivity contribution in [3.8, 4) is 0 Å². The molecule has 6 atom stereocenters. The molecular formula is C20H18Cl2FN3O4S. The number of rotatable bonds is 5. The van der Waals surface area contributed by atoms with Gasteiger partial charge in [-0.05, 0) is 17.7 Å². The minimum absolute atomic E-state index is 0.0979. The van der Waals surface area contributed by atoms with Crippen LogP contribution in [0.2, 0.25) is 10.0 Å². The van der Waals surface area contributed by atoms with Crippen molar-refractivity contribution in [2.24, 2.45) is 5.11 Å². The molecule has 2 aliphatic rings. The summed E-state index contributed by atoms with van der Waals surface area (Å²) in [5.74, 6) is -0.686. The molecule has 0 N–H and O–H groups in total. The first-order chi connectivity index (χ1) is 15.0. The van der Waals surface area contributed by atoms with E-state index in [4.69, 9.17) is 42.1 Å². The van der Waals surface area contributed by atoms with Crippen molar-refractivity contribution >= 4 is 35.0 Å². The topological polar surface area (TPSA) is 85.7 Å². The van der Waals surface area contributed by atoms with Crippen molar-refractivity contribution in [3.63, 3.8) is 0 Å². The average molecular weight is 486 g/mol. The summed E-state index contributed by atoms with van der Waals surface area (Å²) in [6.45, 7) is 0.236. The Kier molecular flexibility index (Phi) is 7.26. The Labute approximate surface area is 192 Å². The van der Waals surface area contributed by atoms with Crippen LogP contribution in [0.15, 0.2) is 52.5 Å². The quantitative estimate of drug-likeness (QED) is 0.232. The minimum Gasteiger partial charge on any atom is -0.377 e. The molecule has 7 nitrogen and oxygen atoms in total. The summed E-state index contributed by atoms with van der Waals surface area (Å²) >= 11 is 13.1. The van der Waals surface area contributed by atoms with Gasteiger partial charge in [0.25, 0.3) is 0 Å². The Hall–Kier alpha value is -1.55. The Morgan fingerprint density at radius 3 is 2.55 bits per heavy atom. The van der Waals surface area contributed by atoms with Crippen LogP contribution in [0.4, 0.5) is 4.39 Å². The maximum Gasteiger partial charge on any atom is 0.184 e. The first kappa shape index (κ1) is 22.6. The third kappa shape index (κ3) is 4.79. The lowest BCUT2D eigenvalue weighted by Gasteiger charge is -2.47. The van der Waals surface area contributed by atoms with Crippen molar-refractivity contribution < 1.29 is 23.3 Å². The Balaban J connectivity index is 1.58. The molecule has 11 heteroatoms. The van der Waals surface area contributed by atoms with Crippen LogP contribution < -0.4 is 0 Å². The maximum absolute atomic E-state index is 13.8. The molecule has 2 fully saturated rings. The third-order valence-corrected chi connectivity index (χ3v) is 6.72. The lowest BCUT2D eigenvalue weighted by molar-refractivity contribution is -0.298. The molecule has 2 aromatic rings. The van der Waals surface area contributed by atoms with E-state index in [2.05, 4.69) is 10.0 Å². The van der Waals surface area contributed by atoms with Gasteiger partial charge in [-0.15, -0.1) is 0 Å². The largest absolute Gasteiger partial charge is 0.377 e. The van der Waals surface area contributed by atoms with Crippen LogP contribution in [-0.2, 0) is 18.9 Å². The summed E-state index contributed by atoms with van der Waals surface area (Å²) in [4.78, 5) is 3.58. The summed E-state index contributed by atoms with van der Waals surface area (Å²) in [6.07, 6.45) is -2.32. The molecule has 2 saturated heterocycles. The van der Waals surface area contributed by atoms with Crippen LogP contribution in [0.25, 0.3) is 10.4 Å². The van der Waals surface area contributed by atoms with Crippen LogP contribution >= 0.6 is 35.0 Å². The number of methoxy groups -OCH3 is 1. The van der Waals surface area contributed by atoms with E-state index in [9.17, 15) is 9.92 Å². The van der Waals surface area contributed by atoms with Crippen molar-refractivity contribution in [1.29, 1.82) is 0 Å². The van der Waals surface area contributed by atoms with Gasteiger partial charge in [0.15, 0.2) is 12.1 Å². The monoisotopic (exact) mass is 485 g/mol. The number of ether oxygens (including phenoxy) is 4. The van der Waals surface area contributed by atoms with Gasteiger partial charge in [0.1, 0.15) is 23.7 Å². The van der Waals surface area contributed by atoms with E-state index >= 15 is 0 Å². The predicted octanol–water partition coefficient (Wildman–Crippen LogP) is 5.76. The van der Waals surface area contributed by atoms with Crippen LogP contribution in [0.5, 0.6) is 0 Å². The minimum atomic E-state index is -0.686. The molecule has 2 aromatic carbocycles.